The van der Waals surface area contributed by atoms with Crippen LogP contribution in [0.25, 0.3) is 0 Å². The molecule has 0 bridgehead atoms. The molecule has 0 amide bonds. The molecule has 0 fully saturated rings. The van der Waals surface area contributed by atoms with Gasteiger partial charge in [0.15, 0.2) is 0 Å². The van der Waals surface area contributed by atoms with Crippen molar-refractivity contribution in [2.75, 3.05) is 6.61 Å². The molecule has 0 radical (unpaired) electrons. The molecule has 0 unspecified atom stereocenters. The third-order valence-electron chi connectivity index (χ3n) is 1.77. The third-order valence-corrected chi connectivity index (χ3v) is 1.77. The molecule has 0 aliphatic carbocycles. The number of hydrogen-bond acceptors (Lipinski definition) is 2. The van der Waals surface area contributed by atoms with E-state index in [1.165, 1.54) is 12.1 Å². The molecule has 76 valence electrons. The van der Waals surface area contributed by atoms with Crippen molar-refractivity contribution in [3.05, 3.63) is 29.6 Å². The Balaban J connectivity index is 2.55. The molecule has 14 heavy (non-hydrogen) atoms. The zero-order valence-corrected chi connectivity index (χ0v) is 8.01. The minimum Gasteiger partial charge on any atom is -0.493 e. The Hall–Kier alpha value is -1.58. The van der Waals surface area contributed by atoms with E-state index in [2.05, 4.69) is 0 Å². The number of ether oxygens (including phenoxy) is 1. The van der Waals surface area contributed by atoms with Crippen LogP contribution in [0.1, 0.15) is 12.0 Å². The van der Waals surface area contributed by atoms with Crippen molar-refractivity contribution in [1.82, 2.24) is 0 Å². The predicted molar refractivity (Wildman–Crippen MR) is 53.2 cm³/mol. The summed E-state index contributed by atoms with van der Waals surface area (Å²) in [6, 6.07) is 4.32. The van der Waals surface area contributed by atoms with Gasteiger partial charge in [-0.05, 0) is 30.7 Å². The van der Waals surface area contributed by atoms with Crippen LogP contribution in [0.4, 0.5) is 4.39 Å². The predicted octanol–water partition coefficient (Wildman–Crippen LogP) is 1.84. The van der Waals surface area contributed by atoms with Crippen LogP contribution in [0.2, 0.25) is 0 Å². The summed E-state index contributed by atoms with van der Waals surface area (Å²) in [5, 5.41) is 6.99. The standard InChI is InChI=1S/C10H13FN2O/c1-7-6-8(11)2-3-9(7)14-5-4-10(12)13/h2-3,6H,4-5H2,1H3,(H3,12,13). The number of halogens is 1. The first-order chi connectivity index (χ1) is 6.59. The van der Waals surface area contributed by atoms with E-state index in [0.29, 0.717) is 18.8 Å². The van der Waals surface area contributed by atoms with Crippen LogP contribution in [-0.4, -0.2) is 12.4 Å². The highest BCUT2D eigenvalue weighted by atomic mass is 19.1. The fraction of sp³-hybridized carbons (Fsp3) is 0.300. The zero-order valence-electron chi connectivity index (χ0n) is 8.01. The van der Waals surface area contributed by atoms with Crippen LogP contribution < -0.4 is 10.5 Å². The van der Waals surface area contributed by atoms with Crippen molar-refractivity contribution in [3.63, 3.8) is 0 Å². The highest BCUT2D eigenvalue weighted by Crippen LogP contribution is 2.18. The number of rotatable bonds is 4. The average molecular weight is 196 g/mol. The second kappa shape index (κ2) is 4.60. The summed E-state index contributed by atoms with van der Waals surface area (Å²) in [5.74, 6) is 0.443. The topological polar surface area (TPSA) is 59.1 Å². The van der Waals surface area contributed by atoms with Crippen LogP contribution in [0.15, 0.2) is 18.2 Å². The van der Waals surface area contributed by atoms with Crippen LogP contribution in [0.3, 0.4) is 0 Å². The van der Waals surface area contributed by atoms with Crippen LogP contribution in [-0.2, 0) is 0 Å². The van der Waals surface area contributed by atoms with E-state index < -0.39 is 0 Å². The molecule has 0 atom stereocenters. The Morgan fingerprint density at radius 2 is 2.29 bits per heavy atom. The molecule has 0 spiro atoms. The normalized spacial score (nSPS) is 9.86. The van der Waals surface area contributed by atoms with E-state index in [4.69, 9.17) is 15.9 Å². The molecule has 1 aromatic rings. The molecule has 0 aliphatic rings. The fourth-order valence-electron chi connectivity index (χ4n) is 1.05. The van der Waals surface area contributed by atoms with E-state index in [-0.39, 0.29) is 11.7 Å². The van der Waals surface area contributed by atoms with Crippen molar-refractivity contribution in [3.8, 4) is 5.75 Å². The maximum atomic E-state index is 12.7. The number of nitrogens with one attached hydrogen (secondary N) is 1. The van der Waals surface area contributed by atoms with E-state index in [1.54, 1.807) is 13.0 Å². The molecule has 1 aromatic carbocycles. The largest absolute Gasteiger partial charge is 0.493 e. The molecule has 4 heteroatoms. The van der Waals surface area contributed by atoms with Gasteiger partial charge in [0.2, 0.25) is 0 Å². The Bertz CT molecular complexity index is 339. The van der Waals surface area contributed by atoms with Gasteiger partial charge in [0.25, 0.3) is 0 Å². The second-order valence-corrected chi connectivity index (χ2v) is 3.03. The molecule has 0 heterocycles. The van der Waals surface area contributed by atoms with Gasteiger partial charge in [-0.2, -0.15) is 0 Å². The summed E-state index contributed by atoms with van der Waals surface area (Å²) in [7, 11) is 0. The van der Waals surface area contributed by atoms with Crippen LogP contribution in [0.5, 0.6) is 5.75 Å². The Labute approximate surface area is 82.2 Å². The van der Waals surface area contributed by atoms with Crippen molar-refractivity contribution >= 4 is 5.84 Å². The first-order valence-corrected chi connectivity index (χ1v) is 4.31. The fourth-order valence-corrected chi connectivity index (χ4v) is 1.05. The average Bonchev–Trinajstić information content (AvgIpc) is 2.08. The van der Waals surface area contributed by atoms with E-state index in [9.17, 15) is 4.39 Å². The van der Waals surface area contributed by atoms with Gasteiger partial charge in [-0.15, -0.1) is 0 Å². The van der Waals surface area contributed by atoms with Gasteiger partial charge in [0, 0.05) is 6.42 Å². The van der Waals surface area contributed by atoms with E-state index in [0.717, 1.165) is 5.56 Å². The Morgan fingerprint density at radius 3 is 2.86 bits per heavy atom. The smallest absolute Gasteiger partial charge is 0.123 e. The van der Waals surface area contributed by atoms with Crippen molar-refractivity contribution in [2.24, 2.45) is 5.73 Å². The molecule has 0 aromatic heterocycles. The number of aryl methyl sites for hydroxylation is 1. The molecule has 1 rings (SSSR count). The maximum Gasteiger partial charge on any atom is 0.123 e. The van der Waals surface area contributed by atoms with Gasteiger partial charge in [0.1, 0.15) is 11.6 Å². The van der Waals surface area contributed by atoms with Crippen LogP contribution >= 0.6 is 0 Å². The molecule has 3 N–H and O–H groups in total. The maximum absolute atomic E-state index is 12.7. The lowest BCUT2D eigenvalue weighted by Crippen LogP contribution is -2.14. The first kappa shape index (κ1) is 10.5. The summed E-state index contributed by atoms with van der Waals surface area (Å²) >= 11 is 0. The van der Waals surface area contributed by atoms with Gasteiger partial charge in [-0.3, -0.25) is 5.41 Å². The lowest BCUT2D eigenvalue weighted by atomic mass is 10.2. The van der Waals surface area contributed by atoms with Gasteiger partial charge >= 0.3 is 0 Å². The molecule has 0 saturated heterocycles. The SMILES string of the molecule is Cc1cc(F)ccc1OCCC(=N)N. The second-order valence-electron chi connectivity index (χ2n) is 3.03. The molecule has 3 nitrogen and oxygen atoms in total. The Kier molecular flexibility index (Phi) is 3.45. The molecular formula is C10H13FN2O. The highest BCUT2D eigenvalue weighted by Gasteiger charge is 2.00. The van der Waals surface area contributed by atoms with Crippen molar-refractivity contribution in [2.45, 2.75) is 13.3 Å². The van der Waals surface area contributed by atoms with Crippen molar-refractivity contribution < 1.29 is 9.13 Å². The third kappa shape index (κ3) is 3.05. The number of nitrogens with two attached hydrogens (primary N) is 1. The lowest BCUT2D eigenvalue weighted by molar-refractivity contribution is 0.326. The minimum atomic E-state index is -0.276. The van der Waals surface area contributed by atoms with Gasteiger partial charge in [-0.25, -0.2) is 4.39 Å². The monoisotopic (exact) mass is 196 g/mol. The molecule has 0 aliphatic heterocycles. The van der Waals surface area contributed by atoms with Gasteiger partial charge in [-0.1, -0.05) is 0 Å². The Morgan fingerprint density at radius 1 is 1.57 bits per heavy atom. The summed E-state index contributed by atoms with van der Waals surface area (Å²) in [5.41, 5.74) is 5.91. The molecule has 0 saturated carbocycles. The number of benzene rings is 1. The first-order valence-electron chi connectivity index (χ1n) is 4.31. The lowest BCUT2D eigenvalue weighted by Gasteiger charge is -2.08. The quantitative estimate of drug-likeness (QED) is 0.570. The van der Waals surface area contributed by atoms with Gasteiger partial charge in [0.05, 0.1) is 12.4 Å². The van der Waals surface area contributed by atoms with E-state index in [1.807, 2.05) is 0 Å². The highest BCUT2D eigenvalue weighted by molar-refractivity contribution is 5.76. The molecular weight excluding hydrogens is 183 g/mol. The van der Waals surface area contributed by atoms with E-state index >= 15 is 0 Å². The summed E-state index contributed by atoms with van der Waals surface area (Å²) in [6.07, 6.45) is 0.386. The summed E-state index contributed by atoms with van der Waals surface area (Å²) < 4.78 is 18.0. The van der Waals surface area contributed by atoms with Crippen LogP contribution in [0, 0.1) is 18.2 Å². The summed E-state index contributed by atoms with van der Waals surface area (Å²) in [6.45, 7) is 2.12. The number of amidine groups is 1. The zero-order chi connectivity index (χ0) is 10.6. The number of hydrogen-bond donors (Lipinski definition) is 2. The summed E-state index contributed by atoms with van der Waals surface area (Å²) in [4.78, 5) is 0. The van der Waals surface area contributed by atoms with Gasteiger partial charge < -0.3 is 10.5 Å². The minimum absolute atomic E-state index is 0.0877. The van der Waals surface area contributed by atoms with Crippen molar-refractivity contribution in [1.29, 1.82) is 5.41 Å².